The molecule has 1 aromatic heterocycles. The Labute approximate surface area is 134 Å². The van der Waals surface area contributed by atoms with Gasteiger partial charge in [-0.15, -0.1) is 10.1 Å². The van der Waals surface area contributed by atoms with Gasteiger partial charge in [-0.05, 0) is 19.2 Å². The number of piperazine rings is 1. The van der Waals surface area contributed by atoms with Gasteiger partial charge in [-0.25, -0.2) is 0 Å². The first kappa shape index (κ1) is 17.1. The van der Waals surface area contributed by atoms with Crippen LogP contribution in [0.5, 0.6) is 0 Å². The lowest BCUT2D eigenvalue weighted by Gasteiger charge is -2.32. The zero-order valence-corrected chi connectivity index (χ0v) is 13.1. The standard InChI is InChI=1S/C14H21N5O4/c1-17-5-7-18(8-6-17)11-13-3-2-12(10-16-13)14(20)15-4-9-23-19(21)22/h2-3,10H,4-9,11H2,1H3,(H,15,20). The van der Waals surface area contributed by atoms with Crippen molar-refractivity contribution in [3.8, 4) is 0 Å². The number of aromatic nitrogens is 1. The third kappa shape index (κ3) is 5.80. The second-order valence-corrected chi connectivity index (χ2v) is 5.43. The SMILES string of the molecule is CN1CCN(Cc2ccc(C(=O)NCCO[N+](=O)[O-])cn2)CC1. The lowest BCUT2D eigenvalue weighted by atomic mass is 10.2. The van der Waals surface area contributed by atoms with Gasteiger partial charge < -0.3 is 15.1 Å². The Morgan fingerprint density at radius 2 is 2.13 bits per heavy atom. The fourth-order valence-electron chi connectivity index (χ4n) is 2.27. The maximum absolute atomic E-state index is 11.8. The lowest BCUT2D eigenvalue weighted by Crippen LogP contribution is -2.44. The second kappa shape index (κ2) is 8.39. The van der Waals surface area contributed by atoms with Crippen molar-refractivity contribution >= 4 is 5.91 Å². The molecule has 1 fully saturated rings. The van der Waals surface area contributed by atoms with E-state index in [0.29, 0.717) is 5.56 Å². The summed E-state index contributed by atoms with van der Waals surface area (Å²) in [5.41, 5.74) is 1.34. The minimum absolute atomic E-state index is 0.0723. The summed E-state index contributed by atoms with van der Waals surface area (Å²) in [6, 6.07) is 3.54. The highest BCUT2D eigenvalue weighted by Crippen LogP contribution is 2.07. The molecule has 1 aromatic rings. The van der Waals surface area contributed by atoms with E-state index in [9.17, 15) is 14.9 Å². The smallest absolute Gasteiger partial charge is 0.294 e. The highest BCUT2D eigenvalue weighted by atomic mass is 16.9. The fourth-order valence-corrected chi connectivity index (χ4v) is 2.27. The number of likely N-dealkylation sites (N-methyl/N-ethyl adjacent to an activating group) is 1. The van der Waals surface area contributed by atoms with Crippen LogP contribution in [0.1, 0.15) is 16.1 Å². The van der Waals surface area contributed by atoms with Crippen molar-refractivity contribution in [3.05, 3.63) is 39.7 Å². The Morgan fingerprint density at radius 3 is 2.74 bits per heavy atom. The molecule has 0 radical (unpaired) electrons. The fraction of sp³-hybridized carbons (Fsp3) is 0.571. The molecule has 1 saturated heterocycles. The monoisotopic (exact) mass is 323 g/mol. The number of amides is 1. The predicted molar refractivity (Wildman–Crippen MR) is 82.3 cm³/mol. The van der Waals surface area contributed by atoms with E-state index in [1.54, 1.807) is 6.07 Å². The maximum Gasteiger partial charge on any atom is 0.294 e. The normalized spacial score (nSPS) is 16.0. The van der Waals surface area contributed by atoms with Crippen LogP contribution in [0.15, 0.2) is 18.3 Å². The molecule has 2 rings (SSSR count). The van der Waals surface area contributed by atoms with Crippen molar-refractivity contribution < 1.29 is 14.7 Å². The van der Waals surface area contributed by atoms with Crippen LogP contribution in [0.4, 0.5) is 0 Å². The molecule has 0 spiro atoms. The molecule has 23 heavy (non-hydrogen) atoms. The van der Waals surface area contributed by atoms with Gasteiger partial charge in [0.15, 0.2) is 0 Å². The molecule has 1 aliphatic rings. The van der Waals surface area contributed by atoms with Gasteiger partial charge in [0.25, 0.3) is 11.0 Å². The van der Waals surface area contributed by atoms with Crippen molar-refractivity contribution in [2.24, 2.45) is 0 Å². The highest BCUT2D eigenvalue weighted by Gasteiger charge is 2.14. The molecule has 9 nitrogen and oxygen atoms in total. The molecule has 0 aromatic carbocycles. The van der Waals surface area contributed by atoms with Gasteiger partial charge in [0, 0.05) is 45.5 Å². The molecule has 1 amide bonds. The number of hydrogen-bond acceptors (Lipinski definition) is 7. The first-order chi connectivity index (χ1) is 11.0. The van der Waals surface area contributed by atoms with Gasteiger partial charge >= 0.3 is 0 Å². The van der Waals surface area contributed by atoms with Crippen LogP contribution >= 0.6 is 0 Å². The lowest BCUT2D eigenvalue weighted by molar-refractivity contribution is -0.757. The summed E-state index contributed by atoms with van der Waals surface area (Å²) in [4.78, 5) is 34.9. The Balaban J connectivity index is 1.77. The number of rotatable bonds is 7. The quantitative estimate of drug-likeness (QED) is 0.420. The molecule has 0 aliphatic carbocycles. The minimum Gasteiger partial charge on any atom is -0.350 e. The van der Waals surface area contributed by atoms with Crippen molar-refractivity contribution in [2.45, 2.75) is 6.54 Å². The number of nitrogens with one attached hydrogen (secondary N) is 1. The molecule has 0 atom stereocenters. The van der Waals surface area contributed by atoms with E-state index in [4.69, 9.17) is 0 Å². The van der Waals surface area contributed by atoms with Crippen LogP contribution in [0.25, 0.3) is 0 Å². The van der Waals surface area contributed by atoms with Crippen LogP contribution in [0, 0.1) is 10.1 Å². The first-order valence-corrected chi connectivity index (χ1v) is 7.46. The van der Waals surface area contributed by atoms with Gasteiger partial charge in [-0.2, -0.15) is 0 Å². The average Bonchev–Trinajstić information content (AvgIpc) is 2.54. The summed E-state index contributed by atoms with van der Waals surface area (Å²) in [5, 5.41) is 11.6. The van der Waals surface area contributed by atoms with Gasteiger partial charge in [0.1, 0.15) is 6.61 Å². The largest absolute Gasteiger partial charge is 0.350 e. The van der Waals surface area contributed by atoms with E-state index in [-0.39, 0.29) is 19.1 Å². The van der Waals surface area contributed by atoms with E-state index in [1.807, 2.05) is 6.07 Å². The van der Waals surface area contributed by atoms with Crippen LogP contribution < -0.4 is 5.32 Å². The Hall–Kier alpha value is -2.26. The van der Waals surface area contributed by atoms with E-state index in [1.165, 1.54) is 6.20 Å². The Morgan fingerprint density at radius 1 is 1.39 bits per heavy atom. The van der Waals surface area contributed by atoms with E-state index >= 15 is 0 Å². The summed E-state index contributed by atoms with van der Waals surface area (Å²) in [5.74, 6) is -0.324. The van der Waals surface area contributed by atoms with Gasteiger partial charge in [0.2, 0.25) is 0 Å². The summed E-state index contributed by atoms with van der Waals surface area (Å²) in [7, 11) is 2.11. The van der Waals surface area contributed by atoms with Crippen LogP contribution in [-0.4, -0.2) is 72.2 Å². The molecule has 1 aliphatic heterocycles. The number of carbonyl (C=O) groups excluding carboxylic acids is 1. The van der Waals surface area contributed by atoms with Crippen LogP contribution in [0.2, 0.25) is 0 Å². The van der Waals surface area contributed by atoms with E-state index < -0.39 is 5.09 Å². The number of hydrogen-bond donors (Lipinski definition) is 1. The van der Waals surface area contributed by atoms with Crippen LogP contribution in [-0.2, 0) is 11.4 Å². The summed E-state index contributed by atoms with van der Waals surface area (Å²) in [6.07, 6.45) is 1.52. The molecule has 9 heteroatoms. The Kier molecular flexibility index (Phi) is 6.24. The van der Waals surface area contributed by atoms with Crippen molar-refractivity contribution in [3.63, 3.8) is 0 Å². The van der Waals surface area contributed by atoms with Crippen molar-refractivity contribution in [1.82, 2.24) is 20.1 Å². The van der Waals surface area contributed by atoms with Gasteiger partial charge in [0.05, 0.1) is 11.3 Å². The number of carbonyl (C=O) groups is 1. The molecule has 1 N–H and O–H groups in total. The summed E-state index contributed by atoms with van der Waals surface area (Å²) in [6.45, 7) is 4.79. The zero-order valence-electron chi connectivity index (χ0n) is 13.1. The van der Waals surface area contributed by atoms with Gasteiger partial charge in [-0.1, -0.05) is 0 Å². The zero-order chi connectivity index (χ0) is 16.7. The maximum atomic E-state index is 11.8. The predicted octanol–water partition coefficient (Wildman–Crippen LogP) is -0.233. The van der Waals surface area contributed by atoms with Gasteiger partial charge in [-0.3, -0.25) is 14.7 Å². The molecule has 0 bridgehead atoms. The minimum atomic E-state index is -0.888. The van der Waals surface area contributed by atoms with Crippen LogP contribution in [0.3, 0.4) is 0 Å². The molecule has 2 heterocycles. The number of pyridine rings is 1. The number of nitrogens with zero attached hydrogens (tertiary/aromatic N) is 4. The third-order valence-corrected chi connectivity index (χ3v) is 3.65. The van der Waals surface area contributed by atoms with E-state index in [0.717, 1.165) is 38.4 Å². The van der Waals surface area contributed by atoms with E-state index in [2.05, 4.69) is 32.0 Å². The summed E-state index contributed by atoms with van der Waals surface area (Å²) >= 11 is 0. The van der Waals surface area contributed by atoms with Crippen molar-refractivity contribution in [1.29, 1.82) is 0 Å². The molecule has 0 unspecified atom stereocenters. The average molecular weight is 323 g/mol. The summed E-state index contributed by atoms with van der Waals surface area (Å²) < 4.78 is 0. The molecular weight excluding hydrogens is 302 g/mol. The molecular formula is C14H21N5O4. The third-order valence-electron chi connectivity index (χ3n) is 3.65. The molecule has 0 saturated carbocycles. The Bertz CT molecular complexity index is 528. The topological polar surface area (TPSA) is 101 Å². The van der Waals surface area contributed by atoms with Crippen molar-refractivity contribution in [2.75, 3.05) is 46.4 Å². The first-order valence-electron chi connectivity index (χ1n) is 7.46. The highest BCUT2D eigenvalue weighted by molar-refractivity contribution is 5.93. The second-order valence-electron chi connectivity index (χ2n) is 5.43. The molecule has 126 valence electrons.